The highest BCUT2D eigenvalue weighted by molar-refractivity contribution is 6.04. The van der Waals surface area contributed by atoms with Crippen LogP contribution in [0.3, 0.4) is 0 Å². The molecule has 1 fully saturated rings. The van der Waals surface area contributed by atoms with E-state index in [1.807, 2.05) is 54.9 Å². The molecule has 6 rings (SSSR count). The summed E-state index contributed by atoms with van der Waals surface area (Å²) < 4.78 is 22.7. The molecule has 1 aliphatic rings. The van der Waals surface area contributed by atoms with Gasteiger partial charge in [0.05, 0.1) is 46.8 Å². The lowest BCUT2D eigenvalue weighted by molar-refractivity contribution is 0.181. The SMILES string of the molecule is COC(=O)/N=c1\n(C)c2cnc3ccc(-c4cccc(F)c4)cc3c2n1-c1cc(C#N)c(N2CCN(C)CC2)cc1C. The number of aromatic nitrogens is 3. The van der Waals surface area contributed by atoms with E-state index in [9.17, 15) is 14.4 Å². The van der Waals surface area contributed by atoms with Crippen molar-refractivity contribution in [1.29, 1.82) is 5.26 Å². The van der Waals surface area contributed by atoms with E-state index in [-0.39, 0.29) is 5.82 Å². The van der Waals surface area contributed by atoms with Crippen molar-refractivity contribution in [2.75, 3.05) is 45.2 Å². The molecule has 1 amide bonds. The Hall–Kier alpha value is -5.01. The molecule has 0 aliphatic carbocycles. The van der Waals surface area contributed by atoms with E-state index < -0.39 is 6.09 Å². The summed E-state index contributed by atoms with van der Waals surface area (Å²) in [5, 5.41) is 11.0. The van der Waals surface area contributed by atoms with Crippen LogP contribution in [0.1, 0.15) is 11.1 Å². The molecule has 3 aromatic carbocycles. The highest BCUT2D eigenvalue weighted by atomic mass is 19.1. The summed E-state index contributed by atoms with van der Waals surface area (Å²) in [6.45, 7) is 5.48. The number of likely N-dealkylation sites (N-methyl/N-ethyl adjacent to an activating group) is 1. The molecule has 0 radical (unpaired) electrons. The van der Waals surface area contributed by atoms with E-state index in [0.29, 0.717) is 16.9 Å². The van der Waals surface area contributed by atoms with Crippen LogP contribution in [0.25, 0.3) is 38.8 Å². The first-order valence-corrected chi connectivity index (χ1v) is 13.7. The normalized spacial score (nSPS) is 14.5. The van der Waals surface area contributed by atoms with Gasteiger partial charge in [0.1, 0.15) is 11.9 Å². The number of nitriles is 1. The molecule has 212 valence electrons. The number of piperazine rings is 1. The van der Waals surface area contributed by atoms with Crippen LogP contribution in [0.15, 0.2) is 65.8 Å². The van der Waals surface area contributed by atoms with Gasteiger partial charge in [-0.2, -0.15) is 5.26 Å². The fourth-order valence-corrected chi connectivity index (χ4v) is 5.66. The number of carbonyl (C=O) groups excluding carboxylic acids is 1. The number of imidazole rings is 1. The first-order valence-electron chi connectivity index (χ1n) is 13.7. The van der Waals surface area contributed by atoms with Gasteiger partial charge in [0.2, 0.25) is 5.62 Å². The van der Waals surface area contributed by atoms with Crippen LogP contribution >= 0.6 is 0 Å². The van der Waals surface area contributed by atoms with Crippen molar-refractivity contribution in [2.24, 2.45) is 12.0 Å². The number of hydrogen-bond donors (Lipinski definition) is 0. The second kappa shape index (κ2) is 10.8. The van der Waals surface area contributed by atoms with Crippen LogP contribution in [0, 0.1) is 24.1 Å². The lowest BCUT2D eigenvalue weighted by Gasteiger charge is -2.34. The number of hydrogen-bond acceptors (Lipinski definition) is 6. The lowest BCUT2D eigenvalue weighted by atomic mass is 10.0. The van der Waals surface area contributed by atoms with Gasteiger partial charge in [-0.25, -0.2) is 9.18 Å². The van der Waals surface area contributed by atoms with E-state index in [1.165, 1.54) is 19.2 Å². The predicted octanol–water partition coefficient (Wildman–Crippen LogP) is 4.92. The van der Waals surface area contributed by atoms with E-state index in [4.69, 9.17) is 4.74 Å². The first kappa shape index (κ1) is 27.2. The minimum absolute atomic E-state index is 0.321. The van der Waals surface area contributed by atoms with Gasteiger partial charge in [0, 0.05) is 38.6 Å². The molecular weight excluding hydrogens is 533 g/mol. The summed E-state index contributed by atoms with van der Waals surface area (Å²) in [6, 6.07) is 18.5. The number of amides is 1. The van der Waals surface area contributed by atoms with Gasteiger partial charge >= 0.3 is 6.09 Å². The summed E-state index contributed by atoms with van der Waals surface area (Å²) in [7, 11) is 5.19. The Morgan fingerprint density at radius 2 is 1.79 bits per heavy atom. The molecule has 1 saturated heterocycles. The number of anilines is 1. The topological polar surface area (TPSA) is 91.7 Å². The zero-order valence-electron chi connectivity index (χ0n) is 23.9. The van der Waals surface area contributed by atoms with Gasteiger partial charge in [-0.1, -0.05) is 18.2 Å². The third-order valence-corrected chi connectivity index (χ3v) is 7.95. The molecule has 0 bridgehead atoms. The van der Waals surface area contributed by atoms with Crippen LogP contribution in [-0.4, -0.2) is 65.4 Å². The molecule has 0 spiro atoms. The third-order valence-electron chi connectivity index (χ3n) is 7.95. The maximum Gasteiger partial charge on any atom is 0.436 e. The molecule has 2 aromatic heterocycles. The number of carbonyl (C=O) groups is 1. The monoisotopic (exact) mass is 563 g/mol. The van der Waals surface area contributed by atoms with Crippen LogP contribution in [0.2, 0.25) is 0 Å². The number of aryl methyl sites for hydroxylation is 2. The molecule has 42 heavy (non-hydrogen) atoms. The van der Waals surface area contributed by atoms with Crippen LogP contribution in [-0.2, 0) is 11.8 Å². The largest absolute Gasteiger partial charge is 0.451 e. The number of ether oxygens (including phenoxy) is 1. The third kappa shape index (κ3) is 4.67. The van der Waals surface area contributed by atoms with Crippen molar-refractivity contribution in [3.8, 4) is 22.9 Å². The molecule has 0 unspecified atom stereocenters. The zero-order chi connectivity index (χ0) is 29.5. The van der Waals surface area contributed by atoms with Crippen LogP contribution < -0.4 is 10.5 Å². The molecule has 9 nitrogen and oxygen atoms in total. The zero-order valence-corrected chi connectivity index (χ0v) is 23.9. The van der Waals surface area contributed by atoms with Crippen molar-refractivity contribution in [1.82, 2.24) is 19.0 Å². The average molecular weight is 564 g/mol. The second-order valence-corrected chi connectivity index (χ2v) is 10.6. The number of halogens is 1. The number of nitrogens with zero attached hydrogens (tertiary/aromatic N) is 7. The van der Waals surface area contributed by atoms with Gasteiger partial charge in [0.15, 0.2) is 0 Å². The molecule has 5 aromatic rings. The highest BCUT2D eigenvalue weighted by Gasteiger charge is 2.22. The quantitative estimate of drug-likeness (QED) is 0.309. The van der Waals surface area contributed by atoms with Crippen molar-refractivity contribution in [3.05, 3.63) is 83.4 Å². The summed E-state index contributed by atoms with van der Waals surface area (Å²) in [5.41, 5.74) is 7.11. The molecular formula is C32H30FN7O2. The maximum atomic E-state index is 14.1. The van der Waals surface area contributed by atoms with Crippen LogP contribution in [0.5, 0.6) is 0 Å². The summed E-state index contributed by atoms with van der Waals surface area (Å²) in [6.07, 6.45) is 0.991. The lowest BCUT2D eigenvalue weighted by Crippen LogP contribution is -2.44. The predicted molar refractivity (Wildman–Crippen MR) is 160 cm³/mol. The Morgan fingerprint density at radius 1 is 1.02 bits per heavy atom. The Morgan fingerprint density at radius 3 is 2.50 bits per heavy atom. The standard InChI is InChI=1S/C32H30FN7O2/c1-20-14-28(39-12-10-37(2)11-13-39)23(18-34)17-27(20)40-30-25-16-22(21-6-5-7-24(33)15-21)8-9-26(25)35-19-29(30)38(3)31(40)36-32(41)42-4/h5-9,14-17,19H,10-13H2,1-4H3/b36-31+. The van der Waals surface area contributed by atoms with Gasteiger partial charge in [-0.15, -0.1) is 4.99 Å². The molecule has 10 heteroatoms. The number of methoxy groups -OCH3 is 1. The smallest absolute Gasteiger partial charge is 0.436 e. The number of pyridine rings is 1. The number of rotatable bonds is 3. The highest BCUT2D eigenvalue weighted by Crippen LogP contribution is 2.33. The van der Waals surface area contributed by atoms with E-state index >= 15 is 0 Å². The second-order valence-electron chi connectivity index (χ2n) is 10.6. The Bertz CT molecular complexity index is 1980. The van der Waals surface area contributed by atoms with Gasteiger partial charge in [-0.3, -0.25) is 9.55 Å². The van der Waals surface area contributed by atoms with Gasteiger partial charge in [-0.05, 0) is 67.1 Å². The van der Waals surface area contributed by atoms with Crippen molar-refractivity contribution >= 4 is 33.7 Å². The minimum Gasteiger partial charge on any atom is -0.451 e. The first-order chi connectivity index (χ1) is 20.3. The summed E-state index contributed by atoms with van der Waals surface area (Å²) >= 11 is 0. The van der Waals surface area contributed by atoms with Crippen molar-refractivity contribution in [3.63, 3.8) is 0 Å². The fraction of sp³-hybridized carbons (Fsp3) is 0.250. The number of benzene rings is 3. The molecule has 0 saturated carbocycles. The van der Waals surface area contributed by atoms with Crippen molar-refractivity contribution in [2.45, 2.75) is 6.92 Å². The number of fused-ring (bicyclic) bond motifs is 3. The molecule has 0 N–H and O–H groups in total. The molecule has 3 heterocycles. The van der Waals surface area contributed by atoms with Gasteiger partial charge in [0.25, 0.3) is 0 Å². The molecule has 0 atom stereocenters. The minimum atomic E-state index is -0.750. The Kier molecular flexibility index (Phi) is 6.96. The van der Waals surface area contributed by atoms with E-state index in [1.54, 1.807) is 16.8 Å². The maximum absolute atomic E-state index is 14.1. The van der Waals surface area contributed by atoms with E-state index in [0.717, 1.165) is 70.5 Å². The summed E-state index contributed by atoms with van der Waals surface area (Å²) in [4.78, 5) is 26.0. The van der Waals surface area contributed by atoms with Crippen LogP contribution in [0.4, 0.5) is 14.9 Å². The summed E-state index contributed by atoms with van der Waals surface area (Å²) in [5.74, 6) is -0.321. The Balaban J connectivity index is 1.67. The van der Waals surface area contributed by atoms with Gasteiger partial charge < -0.3 is 19.1 Å². The Labute approximate surface area is 242 Å². The van der Waals surface area contributed by atoms with Crippen molar-refractivity contribution < 1.29 is 13.9 Å². The average Bonchev–Trinajstić information content (AvgIpc) is 3.28. The van der Waals surface area contributed by atoms with E-state index in [2.05, 4.69) is 32.9 Å². The molecule has 1 aliphatic heterocycles. The fourth-order valence-electron chi connectivity index (χ4n) is 5.66.